The van der Waals surface area contributed by atoms with Gasteiger partial charge < -0.3 is 4.74 Å². The fourth-order valence-corrected chi connectivity index (χ4v) is 1.91. The third-order valence-electron chi connectivity index (χ3n) is 2.63. The summed E-state index contributed by atoms with van der Waals surface area (Å²) in [6.07, 6.45) is 2.52. The first-order valence-corrected chi connectivity index (χ1v) is 5.16. The lowest BCUT2D eigenvalue weighted by Gasteiger charge is -2.24. The first kappa shape index (κ1) is 10.1. The molecule has 1 aliphatic heterocycles. The summed E-state index contributed by atoms with van der Waals surface area (Å²) < 4.78 is 5.52. The molecule has 0 radical (unpaired) electrons. The summed E-state index contributed by atoms with van der Waals surface area (Å²) in [4.78, 5) is 11.8. The molecule has 0 amide bonds. The van der Waals surface area contributed by atoms with E-state index in [-0.39, 0.29) is 11.9 Å². The van der Waals surface area contributed by atoms with Gasteiger partial charge in [-0.05, 0) is 17.5 Å². The number of Topliss-reactive ketones (excluding diaryl/α,β-unsaturated/α-hetero) is 1. The lowest BCUT2D eigenvalue weighted by Crippen LogP contribution is -2.22. The van der Waals surface area contributed by atoms with Crippen LogP contribution in [0.1, 0.15) is 23.7 Å². The monoisotopic (exact) mass is 202 g/mol. The number of fused-ring (bicyclic) bond motifs is 1. The molecular weight excluding hydrogens is 188 g/mol. The summed E-state index contributed by atoms with van der Waals surface area (Å²) in [7, 11) is 0. The molecule has 0 aromatic heterocycles. The molecule has 0 fully saturated rings. The Balaban J connectivity index is 2.29. The van der Waals surface area contributed by atoms with E-state index in [4.69, 9.17) is 4.74 Å². The van der Waals surface area contributed by atoms with E-state index in [1.54, 1.807) is 6.08 Å². The third-order valence-corrected chi connectivity index (χ3v) is 2.63. The van der Waals surface area contributed by atoms with Crippen molar-refractivity contribution in [3.63, 3.8) is 0 Å². The number of carbonyl (C=O) groups is 1. The minimum absolute atomic E-state index is 0.0946. The number of ether oxygens (including phenoxy) is 1. The first-order chi connectivity index (χ1) is 7.33. The molecule has 1 aromatic rings. The molecule has 0 saturated heterocycles. The standard InChI is InChI=1S/C13H14O2/c1-2-5-12(14)13-11-7-4-3-6-10(11)8-9-15-13/h2-4,6-7,13H,1,5,8-9H2. The van der Waals surface area contributed by atoms with Crippen molar-refractivity contribution in [2.45, 2.75) is 18.9 Å². The van der Waals surface area contributed by atoms with Gasteiger partial charge in [0.1, 0.15) is 6.10 Å². The third kappa shape index (κ3) is 2.00. The topological polar surface area (TPSA) is 26.3 Å². The van der Waals surface area contributed by atoms with E-state index >= 15 is 0 Å². The minimum Gasteiger partial charge on any atom is -0.365 e. The maximum absolute atomic E-state index is 11.8. The molecule has 1 atom stereocenters. The molecule has 78 valence electrons. The Morgan fingerprint density at radius 1 is 1.53 bits per heavy atom. The molecule has 15 heavy (non-hydrogen) atoms. The molecule has 0 N–H and O–H groups in total. The zero-order valence-electron chi connectivity index (χ0n) is 8.61. The van der Waals surface area contributed by atoms with Gasteiger partial charge in [-0.2, -0.15) is 0 Å². The van der Waals surface area contributed by atoms with E-state index in [1.807, 2.05) is 18.2 Å². The lowest BCUT2D eigenvalue weighted by molar-refractivity contribution is -0.130. The van der Waals surface area contributed by atoms with Gasteiger partial charge in [0.05, 0.1) is 6.61 Å². The molecule has 0 bridgehead atoms. The number of carbonyl (C=O) groups excluding carboxylic acids is 1. The maximum atomic E-state index is 11.8. The molecule has 0 aliphatic carbocycles. The molecule has 2 heteroatoms. The van der Waals surface area contributed by atoms with Gasteiger partial charge in [0.15, 0.2) is 5.78 Å². The van der Waals surface area contributed by atoms with E-state index in [9.17, 15) is 4.79 Å². The van der Waals surface area contributed by atoms with Gasteiger partial charge in [-0.3, -0.25) is 4.79 Å². The molecule has 0 saturated carbocycles. The van der Waals surface area contributed by atoms with Crippen molar-refractivity contribution in [2.75, 3.05) is 6.61 Å². The van der Waals surface area contributed by atoms with E-state index < -0.39 is 0 Å². The summed E-state index contributed by atoms with van der Waals surface area (Å²) in [6.45, 7) is 4.20. The first-order valence-electron chi connectivity index (χ1n) is 5.16. The Labute approximate surface area is 89.6 Å². The van der Waals surface area contributed by atoms with Crippen molar-refractivity contribution in [3.05, 3.63) is 48.0 Å². The van der Waals surface area contributed by atoms with Crippen molar-refractivity contribution in [2.24, 2.45) is 0 Å². The van der Waals surface area contributed by atoms with Crippen LogP contribution in [0.5, 0.6) is 0 Å². The van der Waals surface area contributed by atoms with Crippen molar-refractivity contribution in [1.82, 2.24) is 0 Å². The predicted octanol–water partition coefficient (Wildman–Crippen LogP) is 2.45. The Morgan fingerprint density at radius 3 is 3.13 bits per heavy atom. The van der Waals surface area contributed by atoms with Gasteiger partial charge in [0.2, 0.25) is 0 Å². The fourth-order valence-electron chi connectivity index (χ4n) is 1.91. The number of rotatable bonds is 3. The smallest absolute Gasteiger partial charge is 0.169 e. The molecule has 1 heterocycles. The number of hydrogen-bond acceptors (Lipinski definition) is 2. The van der Waals surface area contributed by atoms with Gasteiger partial charge in [-0.1, -0.05) is 30.3 Å². The molecule has 2 nitrogen and oxygen atoms in total. The van der Waals surface area contributed by atoms with Gasteiger partial charge >= 0.3 is 0 Å². The van der Waals surface area contributed by atoms with E-state index in [2.05, 4.69) is 12.6 Å². The van der Waals surface area contributed by atoms with Crippen molar-refractivity contribution in [3.8, 4) is 0 Å². The number of ketones is 1. The summed E-state index contributed by atoms with van der Waals surface area (Å²) in [5, 5.41) is 0. The van der Waals surface area contributed by atoms with Crippen LogP contribution in [-0.2, 0) is 16.0 Å². The average molecular weight is 202 g/mol. The van der Waals surface area contributed by atoms with Crippen LogP contribution in [0.2, 0.25) is 0 Å². The fraction of sp³-hybridized carbons (Fsp3) is 0.308. The molecule has 0 spiro atoms. The highest BCUT2D eigenvalue weighted by Crippen LogP contribution is 2.28. The average Bonchev–Trinajstić information content (AvgIpc) is 2.28. The summed E-state index contributed by atoms with van der Waals surface area (Å²) in [5.41, 5.74) is 2.25. The summed E-state index contributed by atoms with van der Waals surface area (Å²) in [5.74, 6) is 0.0946. The molecular formula is C13H14O2. The normalized spacial score (nSPS) is 19.3. The van der Waals surface area contributed by atoms with Crippen LogP contribution in [0.25, 0.3) is 0 Å². The predicted molar refractivity (Wildman–Crippen MR) is 58.7 cm³/mol. The van der Waals surface area contributed by atoms with Crippen LogP contribution in [-0.4, -0.2) is 12.4 Å². The number of allylic oxidation sites excluding steroid dienone is 1. The Kier molecular flexibility index (Phi) is 2.97. The summed E-state index contributed by atoms with van der Waals surface area (Å²) in [6, 6.07) is 7.98. The van der Waals surface area contributed by atoms with Crippen molar-refractivity contribution >= 4 is 5.78 Å². The maximum Gasteiger partial charge on any atom is 0.169 e. The lowest BCUT2D eigenvalue weighted by atomic mass is 9.94. The SMILES string of the molecule is C=CCC(=O)C1OCCc2ccccc21. The second kappa shape index (κ2) is 4.41. The van der Waals surface area contributed by atoms with Crippen LogP contribution in [0, 0.1) is 0 Å². The Hall–Kier alpha value is -1.41. The highest BCUT2D eigenvalue weighted by atomic mass is 16.5. The summed E-state index contributed by atoms with van der Waals surface area (Å²) >= 11 is 0. The zero-order chi connectivity index (χ0) is 10.7. The van der Waals surface area contributed by atoms with Crippen LogP contribution >= 0.6 is 0 Å². The highest BCUT2D eigenvalue weighted by molar-refractivity contribution is 5.86. The van der Waals surface area contributed by atoms with Crippen molar-refractivity contribution in [1.29, 1.82) is 0 Å². The Bertz CT molecular complexity index is 382. The van der Waals surface area contributed by atoms with Crippen LogP contribution in [0.15, 0.2) is 36.9 Å². The quantitative estimate of drug-likeness (QED) is 0.704. The number of hydrogen-bond donors (Lipinski definition) is 0. The van der Waals surface area contributed by atoms with Gasteiger partial charge in [-0.25, -0.2) is 0 Å². The molecule has 1 unspecified atom stereocenters. The minimum atomic E-state index is -0.382. The second-order valence-electron chi connectivity index (χ2n) is 3.66. The molecule has 1 aliphatic rings. The zero-order valence-corrected chi connectivity index (χ0v) is 8.61. The van der Waals surface area contributed by atoms with Gasteiger partial charge in [-0.15, -0.1) is 6.58 Å². The van der Waals surface area contributed by atoms with Crippen molar-refractivity contribution < 1.29 is 9.53 Å². The van der Waals surface area contributed by atoms with Gasteiger partial charge in [0, 0.05) is 6.42 Å². The highest BCUT2D eigenvalue weighted by Gasteiger charge is 2.25. The second-order valence-corrected chi connectivity index (χ2v) is 3.66. The van der Waals surface area contributed by atoms with Crippen LogP contribution in [0.3, 0.4) is 0 Å². The van der Waals surface area contributed by atoms with E-state index in [0.717, 1.165) is 12.0 Å². The van der Waals surface area contributed by atoms with Crippen LogP contribution < -0.4 is 0 Å². The molecule has 1 aromatic carbocycles. The van der Waals surface area contributed by atoms with E-state index in [0.29, 0.717) is 13.0 Å². The Morgan fingerprint density at radius 2 is 2.33 bits per heavy atom. The van der Waals surface area contributed by atoms with Crippen LogP contribution in [0.4, 0.5) is 0 Å². The molecule has 2 rings (SSSR count). The number of benzene rings is 1. The van der Waals surface area contributed by atoms with Gasteiger partial charge in [0.25, 0.3) is 0 Å². The van der Waals surface area contributed by atoms with E-state index in [1.165, 1.54) is 5.56 Å². The largest absolute Gasteiger partial charge is 0.365 e.